The van der Waals surface area contributed by atoms with Gasteiger partial charge in [0.15, 0.2) is 0 Å². The van der Waals surface area contributed by atoms with E-state index in [0.717, 1.165) is 17.9 Å². The zero-order valence-electron chi connectivity index (χ0n) is 20.6. The average Bonchev–Trinajstić information content (AvgIpc) is 2.94. The maximum Gasteiger partial charge on any atom is 0.260 e. The Kier molecular flexibility index (Phi) is 6.88. The molecule has 0 saturated heterocycles. The quantitative estimate of drug-likeness (QED) is 0.542. The highest BCUT2D eigenvalue weighted by atomic mass is 16.5. The molecule has 0 radical (unpaired) electrons. The molecule has 2 amide bonds. The van der Waals surface area contributed by atoms with Gasteiger partial charge in [-0.25, -0.2) is 4.98 Å². The number of ether oxygens (including phenoxy) is 1. The van der Waals surface area contributed by atoms with Crippen LogP contribution in [0.4, 0.5) is 28.6 Å². The number of rotatable bonds is 7. The predicted molar refractivity (Wildman–Crippen MR) is 139 cm³/mol. The molecule has 9 nitrogen and oxygen atoms in total. The third kappa shape index (κ3) is 4.90. The van der Waals surface area contributed by atoms with Crippen molar-refractivity contribution in [3.05, 3.63) is 65.9 Å². The van der Waals surface area contributed by atoms with E-state index in [9.17, 15) is 9.59 Å². The first kappa shape index (κ1) is 24.0. The molecule has 0 aliphatic carbocycles. The van der Waals surface area contributed by atoms with E-state index in [1.807, 2.05) is 61.3 Å². The van der Waals surface area contributed by atoms with Gasteiger partial charge in [0.2, 0.25) is 0 Å². The van der Waals surface area contributed by atoms with Crippen molar-refractivity contribution in [1.82, 2.24) is 15.2 Å². The molecule has 1 aromatic heterocycles. The Morgan fingerprint density at radius 2 is 1.80 bits per heavy atom. The van der Waals surface area contributed by atoms with Crippen molar-refractivity contribution in [2.75, 3.05) is 63.5 Å². The molecule has 0 spiro atoms. The molecule has 0 unspecified atom stereocenters. The Morgan fingerprint density at radius 1 is 1.03 bits per heavy atom. The second-order valence-electron chi connectivity index (χ2n) is 8.60. The van der Waals surface area contributed by atoms with E-state index in [-0.39, 0.29) is 11.8 Å². The lowest BCUT2D eigenvalue weighted by molar-refractivity contribution is 0.0949. The summed E-state index contributed by atoms with van der Waals surface area (Å²) in [6.45, 7) is 1.31. The minimum Gasteiger partial charge on any atom is -0.495 e. The Morgan fingerprint density at radius 3 is 2.54 bits per heavy atom. The molecule has 3 aromatic rings. The van der Waals surface area contributed by atoms with E-state index < -0.39 is 0 Å². The van der Waals surface area contributed by atoms with Crippen molar-refractivity contribution in [2.45, 2.75) is 0 Å². The van der Waals surface area contributed by atoms with E-state index in [0.29, 0.717) is 40.6 Å². The summed E-state index contributed by atoms with van der Waals surface area (Å²) in [5.74, 6) is 0.855. The van der Waals surface area contributed by atoms with Crippen molar-refractivity contribution in [2.24, 2.45) is 0 Å². The average molecular weight is 475 g/mol. The zero-order chi connectivity index (χ0) is 25.1. The number of hydrogen-bond donors (Lipinski definition) is 2. The van der Waals surface area contributed by atoms with Gasteiger partial charge in [0, 0.05) is 38.8 Å². The molecule has 2 heterocycles. The molecule has 35 heavy (non-hydrogen) atoms. The van der Waals surface area contributed by atoms with E-state index >= 15 is 0 Å². The number of likely N-dealkylation sites (N-methyl/N-ethyl adjacent to an activating group) is 1. The third-order valence-electron chi connectivity index (χ3n) is 5.96. The number of nitrogens with one attached hydrogen (secondary N) is 2. The van der Waals surface area contributed by atoms with Crippen LogP contribution in [0.2, 0.25) is 0 Å². The van der Waals surface area contributed by atoms with Gasteiger partial charge >= 0.3 is 0 Å². The molecule has 1 aliphatic heterocycles. The molecule has 2 aromatic carbocycles. The maximum atomic E-state index is 13.0. The van der Waals surface area contributed by atoms with Crippen LogP contribution < -0.4 is 25.2 Å². The highest BCUT2D eigenvalue weighted by Crippen LogP contribution is 2.40. The Bertz CT molecular complexity index is 1260. The standard InChI is InChI=1S/C26H30N6O3/c1-30(2)13-12-27-25(33)17-10-11-19(23(14-17)35-5)29-24-15-21-22(16-28-24)32(4)26(34)18-8-6-7-9-20(18)31(21)3/h6-11,14-16H,12-13H2,1-5H3,(H,27,33)(H,28,29). The van der Waals surface area contributed by atoms with Crippen molar-refractivity contribution in [3.63, 3.8) is 0 Å². The van der Waals surface area contributed by atoms with Gasteiger partial charge in [-0.15, -0.1) is 0 Å². The topological polar surface area (TPSA) is 90.0 Å². The van der Waals surface area contributed by atoms with E-state index in [1.54, 1.807) is 43.5 Å². The minimum atomic E-state index is -0.159. The monoisotopic (exact) mass is 474 g/mol. The summed E-state index contributed by atoms with van der Waals surface area (Å²) in [4.78, 5) is 35.6. The van der Waals surface area contributed by atoms with Crippen LogP contribution in [0.15, 0.2) is 54.7 Å². The van der Waals surface area contributed by atoms with Crippen LogP contribution in [-0.2, 0) is 0 Å². The first-order chi connectivity index (χ1) is 16.8. The van der Waals surface area contributed by atoms with E-state index in [4.69, 9.17) is 4.74 Å². The van der Waals surface area contributed by atoms with Crippen LogP contribution in [0.3, 0.4) is 0 Å². The Hall–Kier alpha value is -4.11. The van der Waals surface area contributed by atoms with Crippen LogP contribution in [0.5, 0.6) is 5.75 Å². The minimum absolute atomic E-state index is 0.0881. The number of fused-ring (bicyclic) bond motifs is 2. The molecule has 0 saturated carbocycles. The fourth-order valence-electron chi connectivity index (χ4n) is 3.97. The summed E-state index contributed by atoms with van der Waals surface area (Å²) < 4.78 is 5.54. The number of hydrogen-bond acceptors (Lipinski definition) is 7. The second kappa shape index (κ2) is 10.0. The fraction of sp³-hybridized carbons (Fsp3) is 0.269. The number of aromatic nitrogens is 1. The number of benzene rings is 2. The fourth-order valence-corrected chi connectivity index (χ4v) is 3.97. The van der Waals surface area contributed by atoms with Crippen LogP contribution in [0, 0.1) is 0 Å². The molecule has 9 heteroatoms. The SMILES string of the molecule is COc1cc(C(=O)NCCN(C)C)ccc1Nc1cc2c(cn1)N(C)C(=O)c1ccccc1N2C. The van der Waals surface area contributed by atoms with Gasteiger partial charge in [-0.05, 0) is 44.4 Å². The second-order valence-corrected chi connectivity index (χ2v) is 8.60. The Labute approximate surface area is 205 Å². The molecule has 0 bridgehead atoms. The lowest BCUT2D eigenvalue weighted by atomic mass is 10.1. The van der Waals surface area contributed by atoms with Gasteiger partial charge in [-0.3, -0.25) is 9.59 Å². The van der Waals surface area contributed by atoms with Crippen LogP contribution in [-0.4, -0.2) is 70.1 Å². The third-order valence-corrected chi connectivity index (χ3v) is 5.96. The lowest BCUT2D eigenvalue weighted by Crippen LogP contribution is -2.31. The number of pyridine rings is 1. The van der Waals surface area contributed by atoms with Crippen LogP contribution in [0.1, 0.15) is 20.7 Å². The van der Waals surface area contributed by atoms with Gasteiger partial charge in [0.1, 0.15) is 11.6 Å². The summed E-state index contributed by atoms with van der Waals surface area (Å²) >= 11 is 0. The maximum absolute atomic E-state index is 13.0. The molecule has 1 aliphatic rings. The number of nitrogens with zero attached hydrogens (tertiary/aromatic N) is 4. The molecule has 0 atom stereocenters. The number of amides is 2. The van der Waals surface area contributed by atoms with Crippen LogP contribution in [0.25, 0.3) is 0 Å². The summed E-state index contributed by atoms with van der Waals surface area (Å²) in [6, 6.07) is 14.7. The van der Waals surface area contributed by atoms with Crippen LogP contribution >= 0.6 is 0 Å². The first-order valence-corrected chi connectivity index (χ1v) is 11.3. The van der Waals surface area contributed by atoms with Crippen molar-refractivity contribution in [1.29, 1.82) is 0 Å². The summed E-state index contributed by atoms with van der Waals surface area (Å²) in [5.41, 5.74) is 4.17. The number of para-hydroxylation sites is 1. The van der Waals surface area contributed by atoms with Crippen molar-refractivity contribution < 1.29 is 14.3 Å². The summed E-state index contributed by atoms with van der Waals surface area (Å²) in [6.07, 6.45) is 1.68. The number of carbonyl (C=O) groups is 2. The zero-order valence-corrected chi connectivity index (χ0v) is 20.6. The molecule has 2 N–H and O–H groups in total. The van der Waals surface area contributed by atoms with Crippen molar-refractivity contribution >= 4 is 40.4 Å². The summed E-state index contributed by atoms with van der Waals surface area (Å²) in [5, 5.41) is 6.19. The van der Waals surface area contributed by atoms with Crippen molar-refractivity contribution in [3.8, 4) is 5.75 Å². The van der Waals surface area contributed by atoms with Gasteiger partial charge < -0.3 is 30.1 Å². The van der Waals surface area contributed by atoms with Gasteiger partial charge in [0.05, 0.1) is 41.6 Å². The van der Waals surface area contributed by atoms with Gasteiger partial charge in [-0.2, -0.15) is 0 Å². The van der Waals surface area contributed by atoms with Gasteiger partial charge in [0.25, 0.3) is 11.8 Å². The highest BCUT2D eigenvalue weighted by molar-refractivity contribution is 6.13. The lowest BCUT2D eigenvalue weighted by Gasteiger charge is -2.23. The number of anilines is 5. The molecule has 4 rings (SSSR count). The first-order valence-electron chi connectivity index (χ1n) is 11.3. The van der Waals surface area contributed by atoms with E-state index in [2.05, 4.69) is 15.6 Å². The Balaban J connectivity index is 1.60. The largest absolute Gasteiger partial charge is 0.495 e. The van der Waals surface area contributed by atoms with Gasteiger partial charge in [-0.1, -0.05) is 12.1 Å². The van der Waals surface area contributed by atoms with E-state index in [1.165, 1.54) is 0 Å². The molecular weight excluding hydrogens is 444 g/mol. The highest BCUT2D eigenvalue weighted by Gasteiger charge is 2.27. The molecular formula is C26H30N6O3. The normalized spacial score (nSPS) is 12.7. The predicted octanol–water partition coefficient (Wildman–Crippen LogP) is 3.48. The smallest absolute Gasteiger partial charge is 0.260 e. The number of carbonyl (C=O) groups excluding carboxylic acids is 2. The number of methoxy groups -OCH3 is 1. The molecule has 182 valence electrons. The summed E-state index contributed by atoms with van der Waals surface area (Å²) in [7, 11) is 9.15. The molecule has 0 fully saturated rings.